The van der Waals surface area contributed by atoms with Crippen molar-refractivity contribution >= 4 is 23.3 Å². The molecule has 2 N–H and O–H groups in total. The zero-order chi connectivity index (χ0) is 13.1. The van der Waals surface area contributed by atoms with Gasteiger partial charge in [-0.05, 0) is 30.7 Å². The van der Waals surface area contributed by atoms with E-state index in [1.54, 1.807) is 6.07 Å². The number of thioether (sulfide) groups is 1. The molecule has 18 heavy (non-hydrogen) atoms. The normalized spacial score (nSPS) is 10.5. The van der Waals surface area contributed by atoms with E-state index >= 15 is 0 Å². The molecule has 0 atom stereocenters. The number of nitrogens with two attached hydrogens (primary N) is 1. The number of furan rings is 1. The molecule has 0 saturated carbocycles. The lowest BCUT2D eigenvalue weighted by atomic mass is 10.2. The van der Waals surface area contributed by atoms with Crippen molar-refractivity contribution in [1.29, 1.82) is 0 Å². The number of nitrogen functional groups attached to an aromatic ring is 1. The van der Waals surface area contributed by atoms with Crippen LogP contribution in [0.3, 0.4) is 0 Å². The third kappa shape index (κ3) is 2.84. The molecular formula is C12H12N2O3S. The monoisotopic (exact) mass is 264 g/mol. The molecule has 1 heterocycles. The van der Waals surface area contributed by atoms with Crippen molar-refractivity contribution in [2.75, 3.05) is 5.73 Å². The van der Waals surface area contributed by atoms with Gasteiger partial charge in [0.25, 0.3) is 0 Å². The first-order valence-corrected chi connectivity index (χ1v) is 6.27. The number of aryl methyl sites for hydroxylation is 1. The van der Waals surface area contributed by atoms with Crippen LogP contribution in [0.25, 0.3) is 0 Å². The predicted molar refractivity (Wildman–Crippen MR) is 70.5 cm³/mol. The smallest absolute Gasteiger partial charge is 0.405 e. The van der Waals surface area contributed by atoms with Crippen LogP contribution in [-0.4, -0.2) is 4.92 Å². The fraction of sp³-hybridized carbons (Fsp3) is 0.167. The molecule has 0 aliphatic carbocycles. The third-order valence-corrected chi connectivity index (χ3v) is 3.46. The molecule has 94 valence electrons. The van der Waals surface area contributed by atoms with Crippen molar-refractivity contribution < 1.29 is 9.34 Å². The summed E-state index contributed by atoms with van der Waals surface area (Å²) >= 11 is 1.50. The Labute approximate surface area is 108 Å². The Hall–Kier alpha value is -1.95. The average molecular weight is 264 g/mol. The Morgan fingerprint density at radius 3 is 2.83 bits per heavy atom. The van der Waals surface area contributed by atoms with Gasteiger partial charge in [0.05, 0.1) is 11.8 Å². The Balaban J connectivity index is 2.06. The summed E-state index contributed by atoms with van der Waals surface area (Å²) in [7, 11) is 0. The summed E-state index contributed by atoms with van der Waals surface area (Å²) in [5.41, 5.74) is 7.67. The van der Waals surface area contributed by atoms with Crippen LogP contribution in [0.4, 0.5) is 11.6 Å². The summed E-state index contributed by atoms with van der Waals surface area (Å²) in [6.07, 6.45) is 0. The van der Waals surface area contributed by atoms with Gasteiger partial charge in [-0.25, -0.2) is 0 Å². The van der Waals surface area contributed by atoms with Gasteiger partial charge >= 0.3 is 5.88 Å². The molecule has 6 heteroatoms. The molecule has 0 amide bonds. The molecule has 1 aromatic heterocycles. The number of benzene rings is 1. The lowest BCUT2D eigenvalue weighted by molar-refractivity contribution is -0.402. The quantitative estimate of drug-likeness (QED) is 0.396. The van der Waals surface area contributed by atoms with Crippen molar-refractivity contribution in [3.8, 4) is 0 Å². The molecular weight excluding hydrogens is 252 g/mol. The molecule has 0 unspecified atom stereocenters. The standard InChI is InChI=1S/C12H12N2O3S/c1-8-2-4-10(13)11(6-8)18-7-9-3-5-12(17-9)14(15)16/h2-6H,7,13H2,1H3. The Morgan fingerprint density at radius 2 is 2.17 bits per heavy atom. The highest BCUT2D eigenvalue weighted by Crippen LogP contribution is 2.30. The van der Waals surface area contributed by atoms with Gasteiger partial charge in [-0.3, -0.25) is 10.1 Å². The van der Waals surface area contributed by atoms with Gasteiger partial charge in [-0.1, -0.05) is 6.07 Å². The summed E-state index contributed by atoms with van der Waals surface area (Å²) in [4.78, 5) is 10.9. The van der Waals surface area contributed by atoms with E-state index in [4.69, 9.17) is 10.2 Å². The van der Waals surface area contributed by atoms with Crippen LogP contribution in [0, 0.1) is 17.0 Å². The molecule has 0 radical (unpaired) electrons. The second kappa shape index (κ2) is 5.14. The van der Waals surface area contributed by atoms with Gasteiger partial charge < -0.3 is 10.2 Å². The zero-order valence-electron chi connectivity index (χ0n) is 9.75. The highest BCUT2D eigenvalue weighted by molar-refractivity contribution is 7.98. The molecule has 2 aromatic rings. The van der Waals surface area contributed by atoms with Crippen LogP contribution < -0.4 is 5.73 Å². The summed E-state index contributed by atoms with van der Waals surface area (Å²) in [6.45, 7) is 1.99. The van der Waals surface area contributed by atoms with E-state index in [0.717, 1.165) is 10.5 Å². The molecule has 0 bridgehead atoms. The first kappa shape index (κ1) is 12.5. The van der Waals surface area contributed by atoms with Crippen molar-refractivity contribution in [2.45, 2.75) is 17.6 Å². The van der Waals surface area contributed by atoms with Gasteiger partial charge in [0.15, 0.2) is 0 Å². The van der Waals surface area contributed by atoms with E-state index in [0.29, 0.717) is 17.2 Å². The topological polar surface area (TPSA) is 82.3 Å². The minimum Gasteiger partial charge on any atom is -0.405 e. The summed E-state index contributed by atoms with van der Waals surface area (Å²) < 4.78 is 5.08. The first-order chi connectivity index (χ1) is 8.56. The van der Waals surface area contributed by atoms with Gasteiger partial charge in [0, 0.05) is 10.6 Å². The van der Waals surface area contributed by atoms with Crippen LogP contribution in [0.5, 0.6) is 0 Å². The maximum absolute atomic E-state index is 10.5. The van der Waals surface area contributed by atoms with Gasteiger partial charge in [-0.15, -0.1) is 11.8 Å². The third-order valence-electron chi connectivity index (χ3n) is 2.37. The molecule has 0 spiro atoms. The highest BCUT2D eigenvalue weighted by atomic mass is 32.2. The van der Waals surface area contributed by atoms with E-state index in [1.807, 2.05) is 25.1 Å². The summed E-state index contributed by atoms with van der Waals surface area (Å²) in [6, 6.07) is 8.74. The van der Waals surface area contributed by atoms with Gasteiger partial charge in [0.2, 0.25) is 0 Å². The van der Waals surface area contributed by atoms with E-state index in [2.05, 4.69) is 0 Å². The maximum atomic E-state index is 10.5. The number of nitro groups is 1. The SMILES string of the molecule is Cc1ccc(N)c(SCc2ccc([N+](=O)[O-])o2)c1. The fourth-order valence-corrected chi connectivity index (χ4v) is 2.41. The van der Waals surface area contributed by atoms with E-state index < -0.39 is 4.92 Å². The van der Waals surface area contributed by atoms with Crippen molar-refractivity contribution in [3.05, 3.63) is 51.8 Å². The number of rotatable bonds is 4. The van der Waals surface area contributed by atoms with Gasteiger partial charge in [-0.2, -0.15) is 0 Å². The second-order valence-electron chi connectivity index (χ2n) is 3.83. The molecule has 1 aromatic carbocycles. The van der Waals surface area contributed by atoms with Crippen molar-refractivity contribution in [3.63, 3.8) is 0 Å². The van der Waals surface area contributed by atoms with Crippen LogP contribution in [0.2, 0.25) is 0 Å². The van der Waals surface area contributed by atoms with E-state index in [-0.39, 0.29) is 5.88 Å². The van der Waals surface area contributed by atoms with Gasteiger partial charge in [0.1, 0.15) is 10.7 Å². The van der Waals surface area contributed by atoms with E-state index in [9.17, 15) is 10.1 Å². The summed E-state index contributed by atoms with van der Waals surface area (Å²) in [5.74, 6) is 0.844. The minimum absolute atomic E-state index is 0.234. The minimum atomic E-state index is -0.546. The predicted octanol–water partition coefficient (Wildman–Crippen LogP) is 3.37. The lowest BCUT2D eigenvalue weighted by Crippen LogP contribution is -1.89. The maximum Gasteiger partial charge on any atom is 0.433 e. The molecule has 0 fully saturated rings. The van der Waals surface area contributed by atoms with Crippen LogP contribution in [0.1, 0.15) is 11.3 Å². The molecule has 0 aliphatic heterocycles. The van der Waals surface area contributed by atoms with Crippen molar-refractivity contribution in [2.24, 2.45) is 0 Å². The molecule has 0 saturated heterocycles. The Kier molecular flexibility index (Phi) is 3.57. The average Bonchev–Trinajstić information content (AvgIpc) is 2.79. The number of nitrogens with zero attached hydrogens (tertiary/aromatic N) is 1. The number of hydrogen-bond donors (Lipinski definition) is 1. The van der Waals surface area contributed by atoms with E-state index in [1.165, 1.54) is 17.8 Å². The summed E-state index contributed by atoms with van der Waals surface area (Å²) in [5, 5.41) is 10.5. The van der Waals surface area contributed by atoms with Crippen LogP contribution in [-0.2, 0) is 5.75 Å². The van der Waals surface area contributed by atoms with Crippen molar-refractivity contribution in [1.82, 2.24) is 0 Å². The van der Waals surface area contributed by atoms with Crippen LogP contribution >= 0.6 is 11.8 Å². The highest BCUT2D eigenvalue weighted by Gasteiger charge is 2.12. The number of anilines is 1. The Morgan fingerprint density at radius 1 is 1.39 bits per heavy atom. The molecule has 5 nitrogen and oxygen atoms in total. The first-order valence-electron chi connectivity index (χ1n) is 5.28. The lowest BCUT2D eigenvalue weighted by Gasteiger charge is -2.04. The Bertz CT molecular complexity index is 580. The number of hydrogen-bond acceptors (Lipinski definition) is 5. The molecule has 2 rings (SSSR count). The largest absolute Gasteiger partial charge is 0.433 e. The zero-order valence-corrected chi connectivity index (χ0v) is 10.6. The fourth-order valence-electron chi connectivity index (χ4n) is 1.46. The molecule has 0 aliphatic rings. The second-order valence-corrected chi connectivity index (χ2v) is 4.84. The van der Waals surface area contributed by atoms with Crippen LogP contribution in [0.15, 0.2) is 39.6 Å².